The summed E-state index contributed by atoms with van der Waals surface area (Å²) in [4.78, 5) is 39.5. The minimum absolute atomic E-state index is 0. The van der Waals surface area contributed by atoms with Gasteiger partial charge in [-0.1, -0.05) is 11.6 Å². The van der Waals surface area contributed by atoms with Gasteiger partial charge in [0.15, 0.2) is 11.6 Å². The van der Waals surface area contributed by atoms with Crippen LogP contribution < -0.4 is 5.32 Å². The van der Waals surface area contributed by atoms with Crippen LogP contribution in [0.3, 0.4) is 0 Å². The molecule has 2 atom stereocenters. The third-order valence-electron chi connectivity index (χ3n) is 6.55. The summed E-state index contributed by atoms with van der Waals surface area (Å²) in [6.45, 7) is 1.91. The van der Waals surface area contributed by atoms with E-state index in [4.69, 9.17) is 11.6 Å². The maximum Gasteiger partial charge on any atom is 0.312 e. The number of nitrogens with one attached hydrogen (secondary N) is 1. The number of Topliss-reactive ketones (excluding diaryl/α,β-unsaturated/α-hetero) is 1. The van der Waals surface area contributed by atoms with E-state index in [1.54, 1.807) is 6.92 Å². The van der Waals surface area contributed by atoms with E-state index in [1.807, 2.05) is 0 Å². The first-order valence-electron chi connectivity index (χ1n) is 10.7. The fourth-order valence-electron chi connectivity index (χ4n) is 4.84. The Hall–Kier alpha value is -2.12. The largest absolute Gasteiger partial charge is 0.336 e. The van der Waals surface area contributed by atoms with E-state index in [9.17, 15) is 31.9 Å². The molecule has 0 spiro atoms. The van der Waals surface area contributed by atoms with Crippen molar-refractivity contribution in [3.63, 3.8) is 0 Å². The zero-order valence-corrected chi connectivity index (χ0v) is 21.8. The topological polar surface area (TPSA) is 91.2 Å². The molecule has 2 fully saturated rings. The molecule has 7 nitrogen and oxygen atoms in total. The zero-order valence-electron chi connectivity index (χ0n) is 19.1. The van der Waals surface area contributed by atoms with Gasteiger partial charge in [-0.25, -0.2) is 17.6 Å². The number of alkyl halides is 2. The second kappa shape index (κ2) is 11.1. The van der Waals surface area contributed by atoms with Crippen LogP contribution in [0.15, 0.2) is 34.1 Å². The molecule has 0 unspecified atom stereocenters. The van der Waals surface area contributed by atoms with Crippen LogP contribution in [0.2, 0.25) is 5.02 Å². The Morgan fingerprint density at radius 3 is 2.42 bits per heavy atom. The molecule has 3 aliphatic rings. The Bertz CT molecular complexity index is 1100. The van der Waals surface area contributed by atoms with Crippen LogP contribution in [-0.2, 0) is 20.8 Å². The summed E-state index contributed by atoms with van der Waals surface area (Å²) in [6, 6.07) is 1.39. The number of rotatable bonds is 5. The first kappa shape index (κ1) is 30.1. The molecule has 2 aliphatic heterocycles. The number of hydrogen-bond donors (Lipinski definition) is 1. The van der Waals surface area contributed by atoms with Crippen molar-refractivity contribution in [3.8, 4) is 0 Å². The molecule has 1 aliphatic carbocycles. The maximum atomic E-state index is 13.7. The molecule has 198 valence electrons. The van der Waals surface area contributed by atoms with E-state index >= 15 is 0 Å². The van der Waals surface area contributed by atoms with Crippen molar-refractivity contribution in [1.82, 2.24) is 10.2 Å². The van der Waals surface area contributed by atoms with Crippen LogP contribution >= 0.6 is 38.6 Å². The third kappa shape index (κ3) is 5.72. The van der Waals surface area contributed by atoms with Gasteiger partial charge in [0.05, 0.1) is 22.8 Å². The molecule has 1 aromatic rings. The first-order valence-corrected chi connectivity index (χ1v) is 11.1. The summed E-state index contributed by atoms with van der Waals surface area (Å²) >= 11 is 5.64. The third-order valence-corrected chi connectivity index (χ3v) is 6.83. The van der Waals surface area contributed by atoms with Crippen LogP contribution in [0.5, 0.6) is 0 Å². The van der Waals surface area contributed by atoms with Crippen molar-refractivity contribution in [2.75, 3.05) is 13.1 Å². The van der Waals surface area contributed by atoms with Gasteiger partial charge in [0.25, 0.3) is 5.92 Å². The van der Waals surface area contributed by atoms with Crippen molar-refractivity contribution in [3.05, 3.63) is 46.1 Å². The Labute approximate surface area is 223 Å². The van der Waals surface area contributed by atoms with E-state index < -0.39 is 64.7 Å². The molecule has 14 heteroatoms. The van der Waals surface area contributed by atoms with Gasteiger partial charge >= 0.3 is 11.8 Å². The average molecular weight is 569 g/mol. The zero-order chi connectivity index (χ0) is 24.8. The van der Waals surface area contributed by atoms with Gasteiger partial charge in [0.2, 0.25) is 0 Å². The van der Waals surface area contributed by atoms with Crippen molar-refractivity contribution in [1.29, 1.82) is 0 Å². The fraction of sp³-hybridized carbons (Fsp3) is 0.500. The summed E-state index contributed by atoms with van der Waals surface area (Å²) in [5.41, 5.74) is -1.07. The Morgan fingerprint density at radius 1 is 1.19 bits per heavy atom. The Balaban J connectivity index is 0.00000228. The van der Waals surface area contributed by atoms with E-state index in [0.717, 1.165) is 12.1 Å². The predicted molar refractivity (Wildman–Crippen MR) is 133 cm³/mol. The summed E-state index contributed by atoms with van der Waals surface area (Å²) < 4.78 is 54.3. The predicted octanol–water partition coefficient (Wildman–Crippen LogP) is 3.83. The van der Waals surface area contributed by atoms with Gasteiger partial charge < -0.3 is 10.2 Å². The van der Waals surface area contributed by atoms with Crippen LogP contribution in [0, 0.1) is 17.6 Å². The molecule has 1 aromatic carbocycles. The number of likely N-dealkylation sites (tertiary alicyclic amines) is 1. The number of benzene rings is 1. The lowest BCUT2D eigenvalue weighted by Crippen LogP contribution is -2.65. The minimum Gasteiger partial charge on any atom is -0.336 e. The highest BCUT2D eigenvalue weighted by molar-refractivity contribution is 7.59. The maximum absolute atomic E-state index is 13.7. The number of azo groups is 1. The molecule has 1 saturated heterocycles. The van der Waals surface area contributed by atoms with E-state index in [0.29, 0.717) is 0 Å². The standard InChI is InChI=1S/C22H21ClF4N4O3.2H2S/c1-11-13(16(32)8-12-6-14(23)18(25)15(24)7-12)3-5-31(11)20(34)19(33)29-21(9-22(26,27)10-21)17-2-4-28-30-17;;/h2,6-7,11,13H,3-5,8-10H2,1H3,(H,29,33);2*1H2/t11-,13-;;/m0../s1. The molecule has 0 bridgehead atoms. The van der Waals surface area contributed by atoms with Crippen LogP contribution in [-0.4, -0.2) is 53.1 Å². The van der Waals surface area contributed by atoms with E-state index in [2.05, 4.69) is 15.5 Å². The van der Waals surface area contributed by atoms with Gasteiger partial charge in [-0.2, -0.15) is 37.2 Å². The number of carbonyl (C=O) groups excluding carboxylic acids is 3. The molecule has 2 amide bonds. The van der Waals surface area contributed by atoms with Crippen LogP contribution in [0.1, 0.15) is 31.7 Å². The fourth-order valence-corrected chi connectivity index (χ4v) is 5.07. The summed E-state index contributed by atoms with van der Waals surface area (Å²) in [5, 5.41) is 9.53. The second-order valence-corrected chi connectivity index (χ2v) is 9.32. The smallest absolute Gasteiger partial charge is 0.312 e. The summed E-state index contributed by atoms with van der Waals surface area (Å²) in [7, 11) is 0. The number of ketones is 1. The van der Waals surface area contributed by atoms with Crippen molar-refractivity contribution < 1.29 is 31.9 Å². The number of halogens is 5. The summed E-state index contributed by atoms with van der Waals surface area (Å²) in [5.74, 6) is -8.33. The van der Waals surface area contributed by atoms with E-state index in [-0.39, 0.29) is 70.0 Å². The first-order chi connectivity index (χ1) is 15.9. The lowest BCUT2D eigenvalue weighted by Gasteiger charge is -2.47. The van der Waals surface area contributed by atoms with Crippen molar-refractivity contribution >= 4 is 56.2 Å². The average Bonchev–Trinajstić information content (AvgIpc) is 3.40. The molecule has 36 heavy (non-hydrogen) atoms. The molecular formula is C22H25ClF4N4O3S2. The Morgan fingerprint density at radius 2 is 1.86 bits per heavy atom. The van der Waals surface area contributed by atoms with E-state index in [1.165, 1.54) is 11.0 Å². The highest BCUT2D eigenvalue weighted by Crippen LogP contribution is 2.50. The van der Waals surface area contributed by atoms with Gasteiger partial charge in [-0.05, 0) is 37.1 Å². The molecule has 2 heterocycles. The lowest BCUT2D eigenvalue weighted by atomic mass is 9.71. The normalized spacial score (nSPS) is 23.2. The highest BCUT2D eigenvalue weighted by atomic mass is 35.5. The van der Waals surface area contributed by atoms with Gasteiger partial charge in [-0.3, -0.25) is 14.4 Å². The second-order valence-electron chi connectivity index (χ2n) is 8.91. The molecule has 0 aromatic heterocycles. The molecule has 1 saturated carbocycles. The number of nitrogens with zero attached hydrogens (tertiary/aromatic N) is 3. The van der Waals surface area contributed by atoms with Gasteiger partial charge in [0.1, 0.15) is 5.78 Å². The minimum atomic E-state index is -2.99. The van der Waals surface area contributed by atoms with Crippen molar-refractivity contribution in [2.45, 2.75) is 50.1 Å². The quantitative estimate of drug-likeness (QED) is 0.332. The number of carbonyl (C=O) groups is 3. The monoisotopic (exact) mass is 568 g/mol. The molecule has 0 radical (unpaired) electrons. The van der Waals surface area contributed by atoms with Crippen LogP contribution in [0.4, 0.5) is 17.6 Å². The molecule has 1 N–H and O–H groups in total. The van der Waals surface area contributed by atoms with Crippen molar-refractivity contribution in [2.24, 2.45) is 16.1 Å². The molecule has 4 rings (SSSR count). The highest BCUT2D eigenvalue weighted by Gasteiger charge is 2.60. The lowest BCUT2D eigenvalue weighted by molar-refractivity contribution is -0.154. The molecular weight excluding hydrogens is 544 g/mol. The number of amides is 2. The van der Waals surface area contributed by atoms with Gasteiger partial charge in [0, 0.05) is 37.8 Å². The number of hydrogen-bond acceptors (Lipinski definition) is 5. The SMILES string of the molecule is C[C@H]1[C@@H](C(=O)Cc2cc(F)c(F)c(Cl)c2)CCN1C(=O)C(=O)NC1(C2=CCN=N2)CC(F)(F)C1.S.S. The summed E-state index contributed by atoms with van der Waals surface area (Å²) in [6.07, 6.45) is 0.197. The van der Waals surface area contributed by atoms with Crippen LogP contribution in [0.25, 0.3) is 0 Å². The van der Waals surface area contributed by atoms with Gasteiger partial charge in [-0.15, -0.1) is 0 Å². The Kier molecular flexibility index (Phi) is 9.28.